The van der Waals surface area contributed by atoms with Gasteiger partial charge in [0.25, 0.3) is 5.91 Å². The average Bonchev–Trinajstić information content (AvgIpc) is 2.43. The minimum absolute atomic E-state index is 0.333. The maximum Gasteiger partial charge on any atom is 0.254 e. The van der Waals surface area contributed by atoms with E-state index >= 15 is 0 Å². The molecule has 0 spiro atoms. The third-order valence-corrected chi connectivity index (χ3v) is 2.63. The van der Waals surface area contributed by atoms with Gasteiger partial charge < -0.3 is 5.32 Å². The van der Waals surface area contributed by atoms with Crippen LogP contribution in [-0.2, 0) is 6.42 Å². The predicted octanol–water partition coefficient (Wildman–Crippen LogP) is 2.33. The molecule has 0 saturated carbocycles. The summed E-state index contributed by atoms with van der Waals surface area (Å²) in [5, 5.41) is 2.54. The summed E-state index contributed by atoms with van der Waals surface area (Å²) in [4.78, 5) is 14.8. The number of benzene rings is 1. The van der Waals surface area contributed by atoms with Crippen molar-refractivity contribution in [2.75, 3.05) is 6.54 Å². The summed E-state index contributed by atoms with van der Waals surface area (Å²) >= 11 is 0. The van der Waals surface area contributed by atoms with Crippen LogP contribution in [-0.4, -0.2) is 17.4 Å². The first kappa shape index (κ1) is 13.1. The Hall–Kier alpha value is -2.30. The van der Waals surface area contributed by atoms with Gasteiger partial charge in [0.1, 0.15) is 0 Å². The van der Waals surface area contributed by atoms with Crippen molar-refractivity contribution in [2.45, 2.75) is 6.42 Å². The normalized spacial score (nSPS) is 10.2. The van der Waals surface area contributed by atoms with Crippen LogP contribution in [0.4, 0.5) is 8.78 Å². The Kier molecular flexibility index (Phi) is 4.18. The van der Waals surface area contributed by atoms with Crippen LogP contribution in [0.5, 0.6) is 0 Å². The van der Waals surface area contributed by atoms with E-state index in [1.165, 1.54) is 0 Å². The number of carbonyl (C=O) groups excluding carboxylic acids is 1. The van der Waals surface area contributed by atoms with Crippen molar-refractivity contribution in [2.24, 2.45) is 0 Å². The summed E-state index contributed by atoms with van der Waals surface area (Å²) in [6.07, 6.45) is 1.69. The molecule has 19 heavy (non-hydrogen) atoms. The number of pyridine rings is 1. The molecule has 0 aliphatic heterocycles. The van der Waals surface area contributed by atoms with Crippen LogP contribution in [0.15, 0.2) is 42.6 Å². The minimum Gasteiger partial charge on any atom is -0.352 e. The first-order valence-corrected chi connectivity index (χ1v) is 5.80. The van der Waals surface area contributed by atoms with Gasteiger partial charge in [-0.1, -0.05) is 30.3 Å². The lowest BCUT2D eigenvalue weighted by Crippen LogP contribution is -2.27. The Morgan fingerprint density at radius 2 is 1.89 bits per heavy atom. The predicted molar refractivity (Wildman–Crippen MR) is 66.6 cm³/mol. The molecule has 0 saturated heterocycles. The summed E-state index contributed by atoms with van der Waals surface area (Å²) in [7, 11) is 0. The molecule has 1 N–H and O–H groups in total. The number of hydrogen-bond donors (Lipinski definition) is 1. The van der Waals surface area contributed by atoms with Gasteiger partial charge in [0.15, 0.2) is 5.82 Å². The van der Waals surface area contributed by atoms with Gasteiger partial charge in [0.2, 0.25) is 5.95 Å². The van der Waals surface area contributed by atoms with Gasteiger partial charge in [-0.25, -0.2) is 9.37 Å². The van der Waals surface area contributed by atoms with Crippen molar-refractivity contribution in [3.63, 3.8) is 0 Å². The van der Waals surface area contributed by atoms with E-state index in [4.69, 9.17) is 0 Å². The number of halogens is 2. The fourth-order valence-electron chi connectivity index (χ4n) is 1.65. The highest BCUT2D eigenvalue weighted by Crippen LogP contribution is 2.08. The van der Waals surface area contributed by atoms with E-state index in [1.54, 1.807) is 0 Å². The number of carbonyl (C=O) groups is 1. The first-order chi connectivity index (χ1) is 9.18. The second-order valence-corrected chi connectivity index (χ2v) is 3.95. The monoisotopic (exact) mass is 262 g/mol. The molecule has 2 aromatic rings. The molecule has 3 nitrogen and oxygen atoms in total. The summed E-state index contributed by atoms with van der Waals surface area (Å²) < 4.78 is 26.2. The molecule has 0 atom stereocenters. The number of hydrogen-bond acceptors (Lipinski definition) is 2. The van der Waals surface area contributed by atoms with Gasteiger partial charge in [-0.3, -0.25) is 4.79 Å². The van der Waals surface area contributed by atoms with E-state index in [0.717, 1.165) is 17.8 Å². The summed E-state index contributed by atoms with van der Waals surface area (Å²) in [6.45, 7) is 0.353. The zero-order valence-electron chi connectivity index (χ0n) is 10.1. The number of amides is 1. The van der Waals surface area contributed by atoms with Crippen molar-refractivity contribution >= 4 is 5.91 Å². The van der Waals surface area contributed by atoms with E-state index in [0.29, 0.717) is 13.0 Å². The molecule has 0 unspecified atom stereocenters. The maximum absolute atomic E-state index is 13.3. The third kappa shape index (κ3) is 3.34. The Balaban J connectivity index is 1.93. The first-order valence-electron chi connectivity index (χ1n) is 5.80. The van der Waals surface area contributed by atoms with Crippen LogP contribution in [0, 0.1) is 11.8 Å². The molecule has 1 aromatic heterocycles. The quantitative estimate of drug-likeness (QED) is 0.859. The summed E-state index contributed by atoms with van der Waals surface area (Å²) in [5.41, 5.74) is 0.727. The smallest absolute Gasteiger partial charge is 0.254 e. The maximum atomic E-state index is 13.3. The molecule has 1 heterocycles. The minimum atomic E-state index is -1.27. The van der Waals surface area contributed by atoms with Crippen LogP contribution in [0.3, 0.4) is 0 Å². The van der Waals surface area contributed by atoms with Crippen molar-refractivity contribution in [3.8, 4) is 0 Å². The van der Waals surface area contributed by atoms with Gasteiger partial charge in [0, 0.05) is 12.7 Å². The highest BCUT2D eigenvalue weighted by atomic mass is 19.2. The molecule has 98 valence electrons. The molecule has 0 bridgehead atoms. The van der Waals surface area contributed by atoms with Crippen LogP contribution in [0.1, 0.15) is 15.9 Å². The molecule has 1 amide bonds. The lowest BCUT2D eigenvalue weighted by molar-refractivity contribution is 0.0948. The zero-order valence-corrected chi connectivity index (χ0v) is 10.1. The molecule has 0 aliphatic rings. The standard InChI is InChI=1S/C14H12F2N2O/c15-12-11(7-9-17-13(12)16)14(19)18-8-6-10-4-2-1-3-5-10/h1-5,7,9H,6,8H2,(H,18,19). The molecule has 1 aromatic carbocycles. The van der Waals surface area contributed by atoms with Crippen molar-refractivity contribution < 1.29 is 13.6 Å². The Morgan fingerprint density at radius 1 is 1.16 bits per heavy atom. The fourth-order valence-corrected chi connectivity index (χ4v) is 1.65. The topological polar surface area (TPSA) is 42.0 Å². The van der Waals surface area contributed by atoms with E-state index in [2.05, 4.69) is 10.3 Å². The van der Waals surface area contributed by atoms with Crippen LogP contribution in [0.25, 0.3) is 0 Å². The highest BCUT2D eigenvalue weighted by molar-refractivity contribution is 5.94. The zero-order chi connectivity index (χ0) is 13.7. The van der Waals surface area contributed by atoms with E-state index in [-0.39, 0.29) is 5.56 Å². The fraction of sp³-hybridized carbons (Fsp3) is 0.143. The highest BCUT2D eigenvalue weighted by Gasteiger charge is 2.15. The number of nitrogens with one attached hydrogen (secondary N) is 1. The van der Waals surface area contributed by atoms with Gasteiger partial charge >= 0.3 is 0 Å². The van der Waals surface area contributed by atoms with Gasteiger partial charge in [-0.05, 0) is 18.1 Å². The van der Waals surface area contributed by atoms with Crippen molar-refractivity contribution in [1.82, 2.24) is 10.3 Å². The van der Waals surface area contributed by atoms with Crippen LogP contribution in [0.2, 0.25) is 0 Å². The third-order valence-electron chi connectivity index (χ3n) is 2.63. The molecule has 0 radical (unpaired) electrons. The number of aromatic nitrogens is 1. The average molecular weight is 262 g/mol. The molecule has 2 rings (SSSR count). The Bertz CT molecular complexity index is 573. The molecule has 0 fully saturated rings. The van der Waals surface area contributed by atoms with E-state index in [1.807, 2.05) is 30.3 Å². The largest absolute Gasteiger partial charge is 0.352 e. The van der Waals surface area contributed by atoms with E-state index in [9.17, 15) is 13.6 Å². The lowest BCUT2D eigenvalue weighted by atomic mass is 10.1. The number of rotatable bonds is 4. The molecule has 0 aliphatic carbocycles. The molecular formula is C14H12F2N2O. The van der Waals surface area contributed by atoms with Crippen LogP contribution < -0.4 is 5.32 Å². The second-order valence-electron chi connectivity index (χ2n) is 3.95. The van der Waals surface area contributed by atoms with Gasteiger partial charge in [0.05, 0.1) is 5.56 Å². The van der Waals surface area contributed by atoms with Gasteiger partial charge in [-0.2, -0.15) is 4.39 Å². The Morgan fingerprint density at radius 3 is 2.63 bits per heavy atom. The van der Waals surface area contributed by atoms with E-state index < -0.39 is 17.7 Å². The van der Waals surface area contributed by atoms with Crippen molar-refractivity contribution in [3.05, 3.63) is 65.5 Å². The Labute approximate surface area is 109 Å². The SMILES string of the molecule is O=C(NCCc1ccccc1)c1ccnc(F)c1F. The number of nitrogens with zero attached hydrogens (tertiary/aromatic N) is 1. The van der Waals surface area contributed by atoms with Crippen molar-refractivity contribution in [1.29, 1.82) is 0 Å². The molecule has 5 heteroatoms. The second kappa shape index (κ2) is 6.04. The summed E-state index contributed by atoms with van der Waals surface area (Å²) in [6, 6.07) is 10.7. The summed E-state index contributed by atoms with van der Waals surface area (Å²) in [5.74, 6) is -3.13. The van der Waals surface area contributed by atoms with Crippen LogP contribution >= 0.6 is 0 Å². The van der Waals surface area contributed by atoms with Gasteiger partial charge in [-0.15, -0.1) is 0 Å². The lowest BCUT2D eigenvalue weighted by Gasteiger charge is -2.06. The molecular weight excluding hydrogens is 250 g/mol.